The third-order valence-electron chi connectivity index (χ3n) is 4.37. The second-order valence-corrected chi connectivity index (χ2v) is 9.96. The minimum Gasteiger partial charge on any atom is -0.369 e. The zero-order valence-corrected chi connectivity index (χ0v) is 20.7. The highest BCUT2D eigenvalue weighted by atomic mass is 35.7. The van der Waals surface area contributed by atoms with Crippen LogP contribution in [-0.2, 0) is 21.4 Å². The topological polar surface area (TPSA) is 224 Å². The maximum atomic E-state index is 12.4. The van der Waals surface area contributed by atoms with Crippen LogP contribution >= 0.6 is 0 Å². The van der Waals surface area contributed by atoms with E-state index < -0.39 is 26.2 Å². The van der Waals surface area contributed by atoms with Gasteiger partial charge >= 0.3 is 0 Å². The van der Waals surface area contributed by atoms with E-state index in [1.807, 2.05) is 6.92 Å². The summed E-state index contributed by atoms with van der Waals surface area (Å²) in [6.07, 6.45) is 0.294. The van der Waals surface area contributed by atoms with Crippen LogP contribution in [0.2, 0.25) is 0 Å². The number of benzene rings is 1. The molecule has 188 valence electrons. The molecule has 1 aromatic carbocycles. The molecule has 1 heterocycles. The largest absolute Gasteiger partial charge is 0.369 e. The summed E-state index contributed by atoms with van der Waals surface area (Å²) in [4.78, 5) is 12.3. The monoisotopic (exact) mass is 517 g/mol. The molecule has 1 amide bonds. The summed E-state index contributed by atoms with van der Waals surface area (Å²) in [6, 6.07) is 9.92. The summed E-state index contributed by atoms with van der Waals surface area (Å²) in [5.41, 5.74) is 14.2. The van der Waals surface area contributed by atoms with E-state index in [2.05, 4.69) is 47.2 Å². The predicted molar refractivity (Wildman–Crippen MR) is 113 cm³/mol. The number of nitrogens with two attached hydrogens (primary N) is 2. The van der Waals surface area contributed by atoms with Crippen molar-refractivity contribution in [2.75, 3.05) is 5.32 Å². The number of aromatic nitrogens is 1. The molecule has 0 unspecified atom stereocenters. The van der Waals surface area contributed by atoms with Gasteiger partial charge in [-0.3, -0.25) is 4.79 Å². The molecule has 0 radical (unpaired) electrons. The molecule has 34 heavy (non-hydrogen) atoms. The summed E-state index contributed by atoms with van der Waals surface area (Å²) in [6.45, 7) is 8.91. The molecule has 0 spiro atoms. The number of amides is 1. The zero-order valence-electron chi connectivity index (χ0n) is 19.1. The lowest BCUT2D eigenvalue weighted by atomic mass is 10.1. The highest BCUT2D eigenvalue weighted by molar-refractivity contribution is 7.90. The first-order chi connectivity index (χ1) is 15.5. The van der Waals surface area contributed by atoms with Crippen LogP contribution in [0.1, 0.15) is 43.1 Å². The first-order valence-corrected chi connectivity index (χ1v) is 12.6. The maximum absolute atomic E-state index is 12.4. The van der Waals surface area contributed by atoms with Gasteiger partial charge in [0.25, 0.3) is 10.0 Å². The van der Waals surface area contributed by atoms with E-state index in [1.54, 1.807) is 0 Å². The lowest BCUT2D eigenvalue weighted by Gasteiger charge is -2.17. The molecule has 0 fully saturated rings. The number of sulfonamides is 1. The minimum absolute atomic E-state index is 0.0590. The molecule has 0 aliphatic carbocycles. The van der Waals surface area contributed by atoms with Crippen LogP contribution in [0, 0.1) is 24.1 Å². The molecular formula is C20H28ClN5O7S. The number of anilines is 1. The Morgan fingerprint density at radius 2 is 1.62 bits per heavy atom. The number of halogens is 1. The Morgan fingerprint density at radius 3 is 2.09 bits per heavy atom. The highest BCUT2D eigenvalue weighted by Gasteiger charge is 2.19. The van der Waals surface area contributed by atoms with Gasteiger partial charge in [0.05, 0.1) is 11.3 Å². The number of rotatable bonds is 7. The van der Waals surface area contributed by atoms with E-state index in [0.29, 0.717) is 24.6 Å². The Hall–Kier alpha value is -2.81. The number of carbonyl (C=O) groups excluding carboxylic acids is 1. The van der Waals surface area contributed by atoms with Gasteiger partial charge in [-0.05, 0) is 36.8 Å². The average Bonchev–Trinajstić information content (AvgIpc) is 2.64. The summed E-state index contributed by atoms with van der Waals surface area (Å²) < 4.78 is 63.2. The fraction of sp³-hybridized carbons (Fsp3) is 0.350. The standard InChI is InChI=1S/C20H27N5O3S.ClHO4/c1-13(2)18-12-14(3)11-15(4)25(18)10-9-19(26)23-16-5-7-17(8-6-16)29(27,28)24-20(21)22;2-1(3,4)5/h5-8,11-13H,9-10H2,1-4H3,(H4-,21,22,23,24,26);(H,2,3,4,5). The van der Waals surface area contributed by atoms with Crippen LogP contribution in [0.5, 0.6) is 0 Å². The summed E-state index contributed by atoms with van der Waals surface area (Å²) >= 11 is 0. The van der Waals surface area contributed by atoms with Gasteiger partial charge in [0.15, 0.2) is 17.9 Å². The van der Waals surface area contributed by atoms with Gasteiger partial charge in [0, 0.05) is 30.7 Å². The Labute approximate surface area is 200 Å². The lowest BCUT2D eigenvalue weighted by Crippen LogP contribution is -2.68. The van der Waals surface area contributed by atoms with Gasteiger partial charge in [0.1, 0.15) is 0 Å². The number of hydrogen-bond donors (Lipinski definition) is 3. The van der Waals surface area contributed by atoms with Crippen LogP contribution in [0.4, 0.5) is 5.69 Å². The van der Waals surface area contributed by atoms with E-state index in [0.717, 1.165) is 5.69 Å². The Bertz CT molecular complexity index is 1120. The fourth-order valence-corrected chi connectivity index (χ4v) is 3.95. The van der Waals surface area contributed by atoms with Crippen molar-refractivity contribution in [3.05, 3.63) is 53.3 Å². The van der Waals surface area contributed by atoms with Crippen LogP contribution in [0.25, 0.3) is 0 Å². The number of nitrogens with one attached hydrogen (secondary N) is 1. The normalized spacial score (nSPS) is 11.4. The number of hydrogen-bond acceptors (Lipinski definition) is 7. The van der Waals surface area contributed by atoms with Crippen LogP contribution < -0.4 is 40.0 Å². The van der Waals surface area contributed by atoms with Crippen molar-refractivity contribution >= 4 is 27.6 Å². The molecule has 2 aromatic rings. The molecule has 12 nitrogen and oxygen atoms in total. The van der Waals surface area contributed by atoms with Crippen molar-refractivity contribution in [3.8, 4) is 0 Å². The van der Waals surface area contributed by atoms with E-state index in [9.17, 15) is 13.2 Å². The smallest absolute Gasteiger partial charge is 0.285 e. The molecule has 14 heteroatoms. The maximum Gasteiger partial charge on any atom is 0.285 e. The van der Waals surface area contributed by atoms with Crippen molar-refractivity contribution in [1.82, 2.24) is 0 Å². The Balaban J connectivity index is 0.00000104. The SMILES string of the molecule is Cc1cc(C)[n+](CCC(=O)Nc2ccc(S(=O)(=O)N=C(N)N)cc2)c(C(C)C)c1.[O-][Cl+3]([O-])([O-])[O-]. The molecule has 0 atom stereocenters. The molecule has 0 bridgehead atoms. The number of aryl methyl sites for hydroxylation is 2. The van der Waals surface area contributed by atoms with E-state index in [-0.39, 0.29) is 10.8 Å². The van der Waals surface area contributed by atoms with Crippen molar-refractivity contribution < 1.29 is 46.7 Å². The van der Waals surface area contributed by atoms with E-state index in [1.165, 1.54) is 35.5 Å². The molecule has 0 saturated heterocycles. The zero-order chi connectivity index (χ0) is 26.3. The lowest BCUT2D eigenvalue weighted by molar-refractivity contribution is -2.00. The summed E-state index contributed by atoms with van der Waals surface area (Å²) in [7, 11) is -8.89. The van der Waals surface area contributed by atoms with Crippen molar-refractivity contribution in [2.45, 2.75) is 51.5 Å². The molecule has 2 rings (SSSR count). The molecule has 0 saturated carbocycles. The van der Waals surface area contributed by atoms with Crippen LogP contribution in [0.3, 0.4) is 0 Å². The number of nitrogens with zero attached hydrogens (tertiary/aromatic N) is 2. The minimum atomic E-state index is -4.94. The molecule has 5 N–H and O–H groups in total. The van der Waals surface area contributed by atoms with Gasteiger partial charge in [-0.15, -0.1) is 14.6 Å². The van der Waals surface area contributed by atoms with Crippen LogP contribution in [-0.4, -0.2) is 20.3 Å². The molecule has 0 aliphatic rings. The second kappa shape index (κ2) is 12.1. The third-order valence-corrected chi connectivity index (χ3v) is 5.68. The third kappa shape index (κ3) is 10.4. The second-order valence-electron chi connectivity index (χ2n) is 7.60. The van der Waals surface area contributed by atoms with Gasteiger partial charge in [-0.1, -0.05) is 13.8 Å². The van der Waals surface area contributed by atoms with Crippen molar-refractivity contribution in [2.24, 2.45) is 15.9 Å². The number of carbonyl (C=O) groups is 1. The molecular weight excluding hydrogens is 490 g/mol. The van der Waals surface area contributed by atoms with Crippen LogP contribution in [0.15, 0.2) is 45.7 Å². The fourth-order valence-electron chi connectivity index (χ4n) is 3.09. The Kier molecular flexibility index (Phi) is 10.4. The van der Waals surface area contributed by atoms with Gasteiger partial charge in [-0.2, -0.15) is 13.0 Å². The van der Waals surface area contributed by atoms with Gasteiger partial charge in [0.2, 0.25) is 11.9 Å². The quantitative estimate of drug-likeness (QED) is 0.192. The first-order valence-electron chi connectivity index (χ1n) is 9.88. The predicted octanol–water partition coefficient (Wildman–Crippen LogP) is -3.05. The van der Waals surface area contributed by atoms with Crippen molar-refractivity contribution in [1.29, 1.82) is 0 Å². The van der Waals surface area contributed by atoms with E-state index in [4.69, 9.17) is 30.1 Å². The van der Waals surface area contributed by atoms with E-state index >= 15 is 0 Å². The number of pyridine rings is 1. The highest BCUT2D eigenvalue weighted by Crippen LogP contribution is 2.17. The molecule has 0 aliphatic heterocycles. The summed E-state index contributed by atoms with van der Waals surface area (Å²) in [5.74, 6) is -0.351. The first kappa shape index (κ1) is 29.2. The van der Waals surface area contributed by atoms with Crippen molar-refractivity contribution in [3.63, 3.8) is 0 Å². The Morgan fingerprint density at radius 1 is 1.09 bits per heavy atom. The van der Waals surface area contributed by atoms with Gasteiger partial charge in [-0.25, -0.2) is 18.6 Å². The summed E-state index contributed by atoms with van der Waals surface area (Å²) in [5, 5.41) is 2.78. The van der Waals surface area contributed by atoms with Gasteiger partial charge < -0.3 is 16.8 Å². The average molecular weight is 518 g/mol. The number of guanidine groups is 1. The molecule has 1 aromatic heterocycles.